The van der Waals surface area contributed by atoms with Crippen LogP contribution >= 0.6 is 11.8 Å². The number of rotatable bonds is 7. The van der Waals surface area contributed by atoms with E-state index in [0.717, 1.165) is 29.6 Å². The summed E-state index contributed by atoms with van der Waals surface area (Å²) in [7, 11) is 3.49. The Morgan fingerprint density at radius 1 is 1.39 bits per heavy atom. The fourth-order valence-corrected chi connectivity index (χ4v) is 3.56. The highest BCUT2D eigenvalue weighted by Crippen LogP contribution is 2.18. The van der Waals surface area contributed by atoms with Crippen molar-refractivity contribution in [1.29, 1.82) is 0 Å². The highest BCUT2D eigenvalue weighted by atomic mass is 32.2. The highest BCUT2D eigenvalue weighted by Gasteiger charge is 2.14. The van der Waals surface area contributed by atoms with Crippen molar-refractivity contribution < 1.29 is 9.47 Å². The van der Waals surface area contributed by atoms with E-state index in [1.165, 1.54) is 18.6 Å². The molecule has 5 nitrogen and oxygen atoms in total. The van der Waals surface area contributed by atoms with Gasteiger partial charge < -0.3 is 20.1 Å². The Balaban J connectivity index is 1.63. The van der Waals surface area contributed by atoms with Gasteiger partial charge in [0, 0.05) is 31.0 Å². The molecule has 6 heteroatoms. The summed E-state index contributed by atoms with van der Waals surface area (Å²) in [5.41, 5.74) is 1.07. The molecule has 2 N–H and O–H groups in total. The first-order chi connectivity index (χ1) is 11.3. The number of ether oxygens (including phenoxy) is 2. The number of nitrogens with one attached hydrogen (secondary N) is 2. The predicted molar refractivity (Wildman–Crippen MR) is 97.5 cm³/mol. The molecule has 0 aromatic heterocycles. The Morgan fingerprint density at radius 2 is 2.26 bits per heavy atom. The average Bonchev–Trinajstić information content (AvgIpc) is 2.61. The van der Waals surface area contributed by atoms with Crippen molar-refractivity contribution in [2.75, 3.05) is 38.8 Å². The zero-order chi connectivity index (χ0) is 16.3. The van der Waals surface area contributed by atoms with Crippen LogP contribution in [0.3, 0.4) is 0 Å². The van der Waals surface area contributed by atoms with Crippen molar-refractivity contribution in [3.63, 3.8) is 0 Å². The van der Waals surface area contributed by atoms with Crippen LogP contribution in [-0.4, -0.2) is 50.8 Å². The first-order valence-corrected chi connectivity index (χ1v) is 9.23. The molecule has 1 fully saturated rings. The molecule has 0 bridgehead atoms. The van der Waals surface area contributed by atoms with E-state index < -0.39 is 0 Å². The second-order valence-corrected chi connectivity index (χ2v) is 6.57. The summed E-state index contributed by atoms with van der Waals surface area (Å²) in [5, 5.41) is 6.78. The van der Waals surface area contributed by atoms with Gasteiger partial charge in [-0.2, -0.15) is 11.8 Å². The van der Waals surface area contributed by atoms with Gasteiger partial charge in [0.25, 0.3) is 0 Å². The fourth-order valence-electron chi connectivity index (χ4n) is 2.49. The maximum atomic E-state index is 5.72. The van der Waals surface area contributed by atoms with E-state index in [-0.39, 0.29) is 0 Å². The maximum Gasteiger partial charge on any atom is 0.191 e. The van der Waals surface area contributed by atoms with Gasteiger partial charge in [-0.1, -0.05) is 18.2 Å². The molecular weight excluding hydrogens is 310 g/mol. The minimum Gasteiger partial charge on any atom is -0.496 e. The van der Waals surface area contributed by atoms with Crippen molar-refractivity contribution in [2.45, 2.75) is 25.5 Å². The van der Waals surface area contributed by atoms with Crippen LogP contribution in [0.15, 0.2) is 29.3 Å². The third-order valence-corrected chi connectivity index (χ3v) is 4.93. The Kier molecular flexibility index (Phi) is 8.11. The number of hydrogen-bond donors (Lipinski definition) is 2. The summed E-state index contributed by atoms with van der Waals surface area (Å²) in [4.78, 5) is 4.27. The Morgan fingerprint density at radius 3 is 3.00 bits per heavy atom. The summed E-state index contributed by atoms with van der Waals surface area (Å²) >= 11 is 2.01. The summed E-state index contributed by atoms with van der Waals surface area (Å²) in [6, 6.07) is 8.45. The van der Waals surface area contributed by atoms with Crippen molar-refractivity contribution in [3.8, 4) is 5.75 Å². The topological polar surface area (TPSA) is 54.9 Å². The first-order valence-electron chi connectivity index (χ1n) is 8.08. The van der Waals surface area contributed by atoms with Gasteiger partial charge in [-0.25, -0.2) is 0 Å². The number of para-hydroxylation sites is 1. The zero-order valence-corrected chi connectivity index (χ0v) is 14.8. The van der Waals surface area contributed by atoms with E-state index in [1.54, 1.807) is 14.2 Å². The van der Waals surface area contributed by atoms with Gasteiger partial charge in [0.05, 0.1) is 20.3 Å². The molecule has 0 saturated carbocycles. The second-order valence-electron chi connectivity index (χ2n) is 5.42. The van der Waals surface area contributed by atoms with E-state index in [2.05, 4.69) is 15.6 Å². The number of thioether (sulfide) groups is 1. The molecule has 1 unspecified atom stereocenters. The molecule has 0 spiro atoms. The zero-order valence-electron chi connectivity index (χ0n) is 14.0. The van der Waals surface area contributed by atoms with Crippen molar-refractivity contribution >= 4 is 17.7 Å². The van der Waals surface area contributed by atoms with Crippen LogP contribution in [0.25, 0.3) is 0 Å². The van der Waals surface area contributed by atoms with E-state index in [0.29, 0.717) is 19.3 Å². The lowest BCUT2D eigenvalue weighted by atomic mass is 10.2. The number of nitrogens with zero attached hydrogens (tertiary/aromatic N) is 1. The molecule has 0 aliphatic carbocycles. The third kappa shape index (κ3) is 6.31. The average molecular weight is 337 g/mol. The number of benzene rings is 1. The molecule has 1 aliphatic rings. The molecule has 1 saturated heterocycles. The van der Waals surface area contributed by atoms with Gasteiger partial charge in [0.2, 0.25) is 0 Å². The minimum absolute atomic E-state index is 0.523. The lowest BCUT2D eigenvalue weighted by Gasteiger charge is -2.24. The third-order valence-electron chi connectivity index (χ3n) is 3.71. The second kappa shape index (κ2) is 10.4. The predicted octanol–water partition coefficient (Wildman–Crippen LogP) is 2.27. The van der Waals surface area contributed by atoms with Gasteiger partial charge in [-0.3, -0.25) is 4.99 Å². The largest absolute Gasteiger partial charge is 0.496 e. The minimum atomic E-state index is 0.523. The number of hydrogen-bond acceptors (Lipinski definition) is 4. The van der Waals surface area contributed by atoms with Gasteiger partial charge in [-0.15, -0.1) is 0 Å². The molecule has 128 valence electrons. The molecule has 1 aliphatic heterocycles. The molecule has 0 radical (unpaired) electrons. The standard InChI is InChI=1S/C17H27N3O2S/c1-18-17(20-15-7-5-11-23-13-15)19-9-10-22-12-14-6-3-4-8-16(14)21-2/h3-4,6,8,15H,5,7,9-13H2,1-2H3,(H2,18,19,20). The van der Waals surface area contributed by atoms with Crippen LogP contribution in [-0.2, 0) is 11.3 Å². The number of methoxy groups -OCH3 is 1. The summed E-state index contributed by atoms with van der Waals surface area (Å²) in [6.45, 7) is 1.91. The molecule has 1 aromatic rings. The Labute approximate surface area is 143 Å². The van der Waals surface area contributed by atoms with Crippen LogP contribution in [0.2, 0.25) is 0 Å². The molecule has 1 atom stereocenters. The van der Waals surface area contributed by atoms with Crippen LogP contribution in [0, 0.1) is 0 Å². The van der Waals surface area contributed by atoms with Crippen LogP contribution < -0.4 is 15.4 Å². The van der Waals surface area contributed by atoms with E-state index in [4.69, 9.17) is 9.47 Å². The Hall–Kier alpha value is -1.40. The summed E-state index contributed by atoms with van der Waals surface area (Å²) < 4.78 is 11.0. The molecule has 2 rings (SSSR count). The van der Waals surface area contributed by atoms with Crippen LogP contribution in [0.5, 0.6) is 5.75 Å². The molecular formula is C17H27N3O2S. The molecule has 0 amide bonds. The summed E-state index contributed by atoms with van der Waals surface area (Å²) in [6.07, 6.45) is 2.50. The highest BCUT2D eigenvalue weighted by molar-refractivity contribution is 7.99. The SMILES string of the molecule is CN=C(NCCOCc1ccccc1OC)NC1CCCSC1. The molecule has 1 aromatic carbocycles. The number of guanidine groups is 1. The van der Waals surface area contributed by atoms with E-state index in [1.807, 2.05) is 36.0 Å². The first kappa shape index (κ1) is 17.9. The fraction of sp³-hybridized carbons (Fsp3) is 0.588. The van der Waals surface area contributed by atoms with Crippen LogP contribution in [0.1, 0.15) is 18.4 Å². The lowest BCUT2D eigenvalue weighted by Crippen LogP contribution is -2.46. The Bertz CT molecular complexity index is 490. The summed E-state index contributed by atoms with van der Waals surface area (Å²) in [5.74, 6) is 4.16. The van der Waals surface area contributed by atoms with Crippen molar-refractivity contribution in [1.82, 2.24) is 10.6 Å². The van der Waals surface area contributed by atoms with Crippen molar-refractivity contribution in [3.05, 3.63) is 29.8 Å². The lowest BCUT2D eigenvalue weighted by molar-refractivity contribution is 0.123. The van der Waals surface area contributed by atoms with Crippen LogP contribution in [0.4, 0.5) is 0 Å². The quantitative estimate of drug-likeness (QED) is 0.454. The maximum absolute atomic E-state index is 5.72. The monoisotopic (exact) mass is 337 g/mol. The van der Waals surface area contributed by atoms with Gasteiger partial charge in [0.15, 0.2) is 5.96 Å². The van der Waals surface area contributed by atoms with Gasteiger partial charge >= 0.3 is 0 Å². The van der Waals surface area contributed by atoms with Gasteiger partial charge in [0.1, 0.15) is 5.75 Å². The molecule has 1 heterocycles. The van der Waals surface area contributed by atoms with Crippen molar-refractivity contribution in [2.24, 2.45) is 4.99 Å². The number of aliphatic imine (C=N–C) groups is 1. The molecule has 23 heavy (non-hydrogen) atoms. The normalized spacial score (nSPS) is 18.5. The van der Waals surface area contributed by atoms with E-state index in [9.17, 15) is 0 Å². The van der Waals surface area contributed by atoms with E-state index >= 15 is 0 Å². The van der Waals surface area contributed by atoms with Gasteiger partial charge in [-0.05, 0) is 24.7 Å². The smallest absolute Gasteiger partial charge is 0.191 e.